The van der Waals surface area contributed by atoms with E-state index in [1.807, 2.05) is 42.5 Å². The topological polar surface area (TPSA) is 52.3 Å². The number of nitrogens with two attached hydrogens (primary N) is 1. The maximum atomic E-state index is 11.3. The summed E-state index contributed by atoms with van der Waals surface area (Å²) >= 11 is 3.53. The molecule has 0 aliphatic heterocycles. The minimum absolute atomic E-state index is 0.420. The lowest BCUT2D eigenvalue weighted by Crippen LogP contribution is -2.11. The molecular formula is C22H20BrNO2. The molecule has 3 aromatic rings. The van der Waals surface area contributed by atoms with Crippen molar-refractivity contribution in [1.29, 1.82) is 0 Å². The number of amides is 1. The highest BCUT2D eigenvalue weighted by atomic mass is 79.9. The number of benzene rings is 3. The quantitative estimate of drug-likeness (QED) is 0.602. The van der Waals surface area contributed by atoms with Gasteiger partial charge in [0.15, 0.2) is 0 Å². The van der Waals surface area contributed by atoms with Gasteiger partial charge < -0.3 is 10.5 Å². The van der Waals surface area contributed by atoms with E-state index in [0.29, 0.717) is 12.2 Å². The lowest BCUT2D eigenvalue weighted by atomic mass is 10.0. The maximum Gasteiger partial charge on any atom is 0.248 e. The highest BCUT2D eigenvalue weighted by Gasteiger charge is 2.08. The fourth-order valence-electron chi connectivity index (χ4n) is 2.76. The summed E-state index contributed by atoms with van der Waals surface area (Å²) in [5, 5.41) is 0. The first kappa shape index (κ1) is 18.2. The Balaban J connectivity index is 1.68. The van der Waals surface area contributed by atoms with Crippen LogP contribution < -0.4 is 10.5 Å². The van der Waals surface area contributed by atoms with Crippen molar-refractivity contribution >= 4 is 21.8 Å². The van der Waals surface area contributed by atoms with Crippen molar-refractivity contribution in [3.63, 3.8) is 0 Å². The monoisotopic (exact) mass is 409 g/mol. The Bertz CT molecular complexity index is 894. The molecule has 4 heteroatoms. The van der Waals surface area contributed by atoms with Crippen molar-refractivity contribution in [2.75, 3.05) is 0 Å². The molecule has 0 atom stereocenters. The van der Waals surface area contributed by atoms with Crippen molar-refractivity contribution < 1.29 is 9.53 Å². The van der Waals surface area contributed by atoms with Gasteiger partial charge in [0.2, 0.25) is 5.91 Å². The van der Waals surface area contributed by atoms with Crippen LogP contribution in [0.5, 0.6) is 5.75 Å². The molecule has 3 rings (SSSR count). The van der Waals surface area contributed by atoms with Crippen molar-refractivity contribution in [3.8, 4) is 5.75 Å². The maximum absolute atomic E-state index is 11.3. The second-order valence-corrected chi connectivity index (χ2v) is 6.91. The molecule has 0 heterocycles. The molecular weight excluding hydrogens is 390 g/mol. The molecule has 2 N–H and O–H groups in total. The molecule has 3 aromatic carbocycles. The molecule has 1 amide bonds. The van der Waals surface area contributed by atoms with Crippen LogP contribution >= 0.6 is 15.9 Å². The Labute approximate surface area is 161 Å². The van der Waals surface area contributed by atoms with Crippen LogP contribution in [-0.2, 0) is 19.4 Å². The predicted molar refractivity (Wildman–Crippen MR) is 107 cm³/mol. The van der Waals surface area contributed by atoms with E-state index in [9.17, 15) is 4.79 Å². The van der Waals surface area contributed by atoms with Crippen molar-refractivity contribution in [3.05, 3.63) is 99.5 Å². The number of aryl methyl sites for hydroxylation is 2. The normalized spacial score (nSPS) is 10.5. The van der Waals surface area contributed by atoms with E-state index in [4.69, 9.17) is 10.5 Å². The van der Waals surface area contributed by atoms with Crippen molar-refractivity contribution in [1.82, 2.24) is 0 Å². The first-order chi connectivity index (χ1) is 12.6. The summed E-state index contributed by atoms with van der Waals surface area (Å²) < 4.78 is 6.92. The number of para-hydroxylation sites is 1. The first-order valence-corrected chi connectivity index (χ1v) is 9.25. The van der Waals surface area contributed by atoms with Gasteiger partial charge in [-0.25, -0.2) is 0 Å². The minimum atomic E-state index is -0.420. The lowest BCUT2D eigenvalue weighted by molar-refractivity contribution is 0.1000. The number of hydrogen-bond acceptors (Lipinski definition) is 2. The molecule has 0 radical (unpaired) electrons. The third kappa shape index (κ3) is 4.73. The van der Waals surface area contributed by atoms with Crippen LogP contribution in [0.2, 0.25) is 0 Å². The lowest BCUT2D eigenvalue weighted by Gasteiger charge is -2.12. The molecule has 0 aromatic heterocycles. The van der Waals surface area contributed by atoms with Gasteiger partial charge in [0.1, 0.15) is 12.4 Å². The smallest absolute Gasteiger partial charge is 0.248 e. The molecule has 132 valence electrons. The number of rotatable bonds is 7. The van der Waals surface area contributed by atoms with Crippen LogP contribution in [0.3, 0.4) is 0 Å². The Morgan fingerprint density at radius 2 is 1.58 bits per heavy atom. The van der Waals surface area contributed by atoms with E-state index in [1.54, 1.807) is 12.1 Å². The number of carbonyl (C=O) groups excluding carboxylic acids is 1. The number of carbonyl (C=O) groups is 1. The highest BCUT2D eigenvalue weighted by molar-refractivity contribution is 9.10. The summed E-state index contributed by atoms with van der Waals surface area (Å²) in [6, 6.07) is 23.7. The van der Waals surface area contributed by atoms with Crippen LogP contribution in [0.1, 0.15) is 27.0 Å². The van der Waals surface area contributed by atoms with E-state index in [-0.39, 0.29) is 0 Å². The Kier molecular flexibility index (Phi) is 6.08. The fraction of sp³-hybridized carbons (Fsp3) is 0.136. The van der Waals surface area contributed by atoms with Gasteiger partial charge in [-0.15, -0.1) is 0 Å². The van der Waals surface area contributed by atoms with E-state index in [1.165, 1.54) is 0 Å². The van der Waals surface area contributed by atoms with Crippen LogP contribution in [-0.4, -0.2) is 5.91 Å². The fourth-order valence-corrected chi connectivity index (χ4v) is 3.34. The number of hydrogen-bond donors (Lipinski definition) is 1. The molecule has 0 aliphatic rings. The van der Waals surface area contributed by atoms with Gasteiger partial charge in [0, 0.05) is 10.0 Å². The molecule has 3 nitrogen and oxygen atoms in total. The predicted octanol–water partition coefficient (Wildman–Crippen LogP) is 4.91. The Morgan fingerprint density at radius 1 is 0.885 bits per heavy atom. The average Bonchev–Trinajstić information content (AvgIpc) is 2.66. The van der Waals surface area contributed by atoms with E-state index in [0.717, 1.165) is 39.8 Å². The zero-order valence-corrected chi connectivity index (χ0v) is 15.9. The summed E-state index contributed by atoms with van der Waals surface area (Å²) in [6.07, 6.45) is 1.69. The number of ether oxygens (including phenoxy) is 1. The molecule has 0 fully saturated rings. The third-order valence-corrected chi connectivity index (χ3v) is 4.95. The Morgan fingerprint density at radius 3 is 2.31 bits per heavy atom. The van der Waals surface area contributed by atoms with E-state index < -0.39 is 5.91 Å². The first-order valence-electron chi connectivity index (χ1n) is 8.46. The van der Waals surface area contributed by atoms with Crippen LogP contribution in [0.15, 0.2) is 77.3 Å². The van der Waals surface area contributed by atoms with Crippen molar-refractivity contribution in [2.24, 2.45) is 5.73 Å². The molecule has 0 bridgehead atoms. The average molecular weight is 410 g/mol. The zero-order valence-electron chi connectivity index (χ0n) is 14.3. The minimum Gasteiger partial charge on any atom is -0.489 e. The summed E-state index contributed by atoms with van der Waals surface area (Å²) in [5.41, 5.74) is 9.27. The molecule has 0 saturated heterocycles. The molecule has 0 unspecified atom stereocenters. The molecule has 0 spiro atoms. The van der Waals surface area contributed by atoms with Gasteiger partial charge in [-0.2, -0.15) is 0 Å². The highest BCUT2D eigenvalue weighted by Crippen LogP contribution is 2.24. The third-order valence-electron chi connectivity index (χ3n) is 4.21. The Hall–Kier alpha value is -2.59. The van der Waals surface area contributed by atoms with E-state index >= 15 is 0 Å². The molecule has 26 heavy (non-hydrogen) atoms. The summed E-state index contributed by atoms with van der Waals surface area (Å²) in [6.45, 7) is 0.550. The van der Waals surface area contributed by atoms with Crippen LogP contribution in [0, 0.1) is 0 Å². The summed E-state index contributed by atoms with van der Waals surface area (Å²) in [7, 11) is 0. The van der Waals surface area contributed by atoms with Crippen LogP contribution in [0.4, 0.5) is 0 Å². The summed E-state index contributed by atoms with van der Waals surface area (Å²) in [4.78, 5) is 11.3. The van der Waals surface area contributed by atoms with Gasteiger partial charge in [0.05, 0.1) is 0 Å². The van der Waals surface area contributed by atoms with Gasteiger partial charge >= 0.3 is 0 Å². The number of primary amides is 1. The van der Waals surface area contributed by atoms with Crippen LogP contribution in [0.25, 0.3) is 0 Å². The molecule has 0 aliphatic carbocycles. The van der Waals surface area contributed by atoms with Crippen molar-refractivity contribution in [2.45, 2.75) is 19.4 Å². The zero-order chi connectivity index (χ0) is 18.4. The molecule has 0 saturated carbocycles. The second-order valence-electron chi connectivity index (χ2n) is 6.05. The van der Waals surface area contributed by atoms with Gasteiger partial charge in [0.25, 0.3) is 0 Å². The van der Waals surface area contributed by atoms with Gasteiger partial charge in [-0.05, 0) is 47.7 Å². The number of halogens is 1. The summed E-state index contributed by atoms with van der Waals surface area (Å²) in [5.74, 6) is 0.484. The van der Waals surface area contributed by atoms with Gasteiger partial charge in [-0.1, -0.05) is 70.5 Å². The van der Waals surface area contributed by atoms with Gasteiger partial charge in [-0.3, -0.25) is 4.79 Å². The largest absolute Gasteiger partial charge is 0.489 e. The van der Waals surface area contributed by atoms with E-state index in [2.05, 4.69) is 34.1 Å². The second kappa shape index (κ2) is 8.68. The SMILES string of the molecule is NC(=O)c1ccc(CCc2ccccc2OCc2ccccc2)c(Br)c1. The standard InChI is InChI=1S/C22H20BrNO2/c23-20-14-19(22(24)25)13-11-17(20)10-12-18-8-4-5-9-21(18)26-15-16-6-2-1-3-7-16/h1-9,11,13-14H,10,12,15H2,(H2,24,25).